The Morgan fingerprint density at radius 1 is 1.47 bits per heavy atom. The second kappa shape index (κ2) is 6.02. The molecule has 1 aromatic heterocycles. The molecule has 0 aliphatic heterocycles. The van der Waals surface area contributed by atoms with Gasteiger partial charge in [-0.3, -0.25) is 14.7 Å². The predicted molar refractivity (Wildman–Crippen MR) is 72.5 cm³/mol. The summed E-state index contributed by atoms with van der Waals surface area (Å²) in [5, 5.41) is 9.86. The Morgan fingerprint density at radius 3 is 2.79 bits per heavy atom. The number of primary amides is 1. The molecule has 1 amide bonds. The van der Waals surface area contributed by atoms with Crippen LogP contribution in [0.1, 0.15) is 37.1 Å². The number of carbonyl (C=O) groups is 1. The molecule has 0 aromatic carbocycles. The highest BCUT2D eigenvalue weighted by molar-refractivity contribution is 5.76. The molecular weight excluding hydrogens is 242 g/mol. The first-order valence-electron chi connectivity index (χ1n) is 6.74. The zero-order chi connectivity index (χ0) is 13.8. The molecular formula is C14H21N3O2. The number of carbonyl (C=O) groups excluding carboxylic acids is 1. The fourth-order valence-corrected chi connectivity index (χ4v) is 2.70. The van der Waals surface area contributed by atoms with E-state index in [1.165, 1.54) is 12.8 Å². The lowest BCUT2D eigenvalue weighted by molar-refractivity contribution is -0.119. The van der Waals surface area contributed by atoms with E-state index in [4.69, 9.17) is 5.73 Å². The molecule has 2 rings (SSSR count). The van der Waals surface area contributed by atoms with E-state index in [0.717, 1.165) is 18.5 Å². The number of aryl methyl sites for hydroxylation is 1. The second-order valence-corrected chi connectivity index (χ2v) is 5.23. The summed E-state index contributed by atoms with van der Waals surface area (Å²) in [6, 6.07) is 3.79. The minimum absolute atomic E-state index is 0.179. The number of rotatable bonds is 5. The van der Waals surface area contributed by atoms with Gasteiger partial charge in [0.05, 0.1) is 12.2 Å². The zero-order valence-corrected chi connectivity index (χ0v) is 11.3. The van der Waals surface area contributed by atoms with Crippen molar-refractivity contribution in [1.82, 2.24) is 9.88 Å². The summed E-state index contributed by atoms with van der Waals surface area (Å²) in [7, 11) is 0. The Labute approximate surface area is 113 Å². The van der Waals surface area contributed by atoms with Crippen molar-refractivity contribution in [2.45, 2.75) is 45.2 Å². The number of aromatic hydroxyl groups is 1. The first-order chi connectivity index (χ1) is 9.06. The van der Waals surface area contributed by atoms with Crippen LogP contribution in [-0.2, 0) is 11.3 Å². The van der Waals surface area contributed by atoms with E-state index in [1.807, 2.05) is 11.8 Å². The Morgan fingerprint density at radius 2 is 2.16 bits per heavy atom. The van der Waals surface area contributed by atoms with Crippen molar-refractivity contribution < 1.29 is 9.90 Å². The minimum Gasteiger partial charge on any atom is -0.506 e. The molecule has 1 aromatic rings. The van der Waals surface area contributed by atoms with Crippen LogP contribution < -0.4 is 5.73 Å². The molecule has 0 atom stereocenters. The maximum absolute atomic E-state index is 11.2. The first-order valence-corrected chi connectivity index (χ1v) is 6.74. The third-order valence-corrected chi connectivity index (χ3v) is 3.64. The first kappa shape index (κ1) is 13.8. The highest BCUT2D eigenvalue weighted by atomic mass is 16.3. The van der Waals surface area contributed by atoms with E-state index in [2.05, 4.69) is 4.98 Å². The van der Waals surface area contributed by atoms with E-state index >= 15 is 0 Å². The van der Waals surface area contributed by atoms with Gasteiger partial charge in [-0.25, -0.2) is 0 Å². The van der Waals surface area contributed by atoms with Crippen LogP contribution in [0.2, 0.25) is 0 Å². The van der Waals surface area contributed by atoms with Crippen molar-refractivity contribution in [2.24, 2.45) is 5.73 Å². The van der Waals surface area contributed by atoms with Gasteiger partial charge < -0.3 is 10.8 Å². The number of amides is 1. The molecule has 5 nitrogen and oxygen atoms in total. The van der Waals surface area contributed by atoms with Crippen molar-refractivity contribution >= 4 is 5.91 Å². The molecule has 19 heavy (non-hydrogen) atoms. The molecule has 1 aliphatic carbocycles. The van der Waals surface area contributed by atoms with Crippen LogP contribution in [0.25, 0.3) is 0 Å². The van der Waals surface area contributed by atoms with E-state index in [0.29, 0.717) is 18.3 Å². The van der Waals surface area contributed by atoms with Gasteiger partial charge in [0.2, 0.25) is 5.91 Å². The molecule has 104 valence electrons. The fraction of sp³-hybridized carbons (Fsp3) is 0.571. The molecule has 3 N–H and O–H groups in total. The van der Waals surface area contributed by atoms with Gasteiger partial charge >= 0.3 is 0 Å². The summed E-state index contributed by atoms with van der Waals surface area (Å²) in [6.45, 7) is 2.58. The molecule has 1 aliphatic rings. The van der Waals surface area contributed by atoms with Crippen LogP contribution in [0, 0.1) is 6.92 Å². The largest absolute Gasteiger partial charge is 0.506 e. The van der Waals surface area contributed by atoms with Gasteiger partial charge in [-0.15, -0.1) is 0 Å². The van der Waals surface area contributed by atoms with Crippen molar-refractivity contribution in [2.75, 3.05) is 6.54 Å². The maximum atomic E-state index is 11.2. The van der Waals surface area contributed by atoms with Gasteiger partial charge in [0.15, 0.2) is 0 Å². The maximum Gasteiger partial charge on any atom is 0.231 e. The van der Waals surface area contributed by atoms with E-state index < -0.39 is 0 Å². The van der Waals surface area contributed by atoms with Crippen molar-refractivity contribution in [3.05, 3.63) is 23.5 Å². The predicted octanol–water partition coefficient (Wildman–Crippen LogP) is 1.33. The monoisotopic (exact) mass is 263 g/mol. The average molecular weight is 263 g/mol. The van der Waals surface area contributed by atoms with E-state index in [-0.39, 0.29) is 18.2 Å². The SMILES string of the molecule is Cc1ccc(O)c(CN(CC(N)=O)C2CCCC2)n1. The van der Waals surface area contributed by atoms with E-state index in [1.54, 1.807) is 12.1 Å². The molecule has 0 spiro atoms. The Balaban J connectivity index is 2.14. The number of pyridine rings is 1. The van der Waals surface area contributed by atoms with Gasteiger partial charge in [0, 0.05) is 18.3 Å². The van der Waals surface area contributed by atoms with E-state index in [9.17, 15) is 9.90 Å². The highest BCUT2D eigenvalue weighted by Crippen LogP contribution is 2.26. The molecule has 0 bridgehead atoms. The molecule has 1 fully saturated rings. The Hall–Kier alpha value is -1.62. The molecule has 0 unspecified atom stereocenters. The van der Waals surface area contributed by atoms with Crippen LogP contribution in [0.15, 0.2) is 12.1 Å². The van der Waals surface area contributed by atoms with Gasteiger partial charge in [0.1, 0.15) is 5.75 Å². The fourth-order valence-electron chi connectivity index (χ4n) is 2.70. The van der Waals surface area contributed by atoms with Gasteiger partial charge in [-0.1, -0.05) is 12.8 Å². The van der Waals surface area contributed by atoms with Gasteiger partial charge in [-0.2, -0.15) is 0 Å². The standard InChI is InChI=1S/C14H21N3O2/c1-10-6-7-13(18)12(16-10)8-17(9-14(15)19)11-4-2-3-5-11/h6-7,11,18H,2-5,8-9H2,1H3,(H2,15,19). The third-order valence-electron chi connectivity index (χ3n) is 3.64. The number of aromatic nitrogens is 1. The van der Waals surface area contributed by atoms with Crippen molar-refractivity contribution in [3.63, 3.8) is 0 Å². The Kier molecular flexibility index (Phi) is 4.37. The molecule has 5 heteroatoms. The number of nitrogens with zero attached hydrogens (tertiary/aromatic N) is 2. The lowest BCUT2D eigenvalue weighted by Gasteiger charge is -2.27. The number of hydrogen-bond donors (Lipinski definition) is 2. The summed E-state index contributed by atoms with van der Waals surface area (Å²) in [5.74, 6) is -0.155. The average Bonchev–Trinajstić information content (AvgIpc) is 2.86. The van der Waals surface area contributed by atoms with Crippen LogP contribution in [0.3, 0.4) is 0 Å². The lowest BCUT2D eigenvalue weighted by Crippen LogP contribution is -2.39. The lowest BCUT2D eigenvalue weighted by atomic mass is 10.2. The minimum atomic E-state index is -0.334. The molecule has 1 heterocycles. The molecule has 0 saturated heterocycles. The quantitative estimate of drug-likeness (QED) is 0.840. The Bertz CT molecular complexity index is 456. The van der Waals surface area contributed by atoms with Crippen LogP contribution >= 0.6 is 0 Å². The van der Waals surface area contributed by atoms with Crippen LogP contribution in [0.5, 0.6) is 5.75 Å². The normalized spacial score (nSPS) is 16.1. The summed E-state index contributed by atoms with van der Waals surface area (Å²) < 4.78 is 0. The van der Waals surface area contributed by atoms with Crippen molar-refractivity contribution in [1.29, 1.82) is 0 Å². The molecule has 1 saturated carbocycles. The van der Waals surface area contributed by atoms with Gasteiger partial charge in [-0.05, 0) is 31.9 Å². The number of nitrogens with two attached hydrogens (primary N) is 1. The molecule has 0 radical (unpaired) electrons. The third kappa shape index (κ3) is 3.67. The summed E-state index contributed by atoms with van der Waals surface area (Å²) in [6.07, 6.45) is 4.54. The number of hydrogen-bond acceptors (Lipinski definition) is 4. The summed E-state index contributed by atoms with van der Waals surface area (Å²) in [4.78, 5) is 17.6. The zero-order valence-electron chi connectivity index (χ0n) is 11.3. The van der Waals surface area contributed by atoms with Crippen LogP contribution in [0.4, 0.5) is 0 Å². The second-order valence-electron chi connectivity index (χ2n) is 5.23. The van der Waals surface area contributed by atoms with Crippen molar-refractivity contribution in [3.8, 4) is 5.75 Å². The smallest absolute Gasteiger partial charge is 0.231 e. The van der Waals surface area contributed by atoms with Crippen LogP contribution in [-0.4, -0.2) is 33.5 Å². The summed E-state index contributed by atoms with van der Waals surface area (Å²) in [5.41, 5.74) is 6.80. The van der Waals surface area contributed by atoms with Gasteiger partial charge in [0.25, 0.3) is 0 Å². The topological polar surface area (TPSA) is 79.5 Å². The highest BCUT2D eigenvalue weighted by Gasteiger charge is 2.25. The summed E-state index contributed by atoms with van der Waals surface area (Å²) >= 11 is 0.